The predicted octanol–water partition coefficient (Wildman–Crippen LogP) is 0.537. The van der Waals surface area contributed by atoms with Crippen molar-refractivity contribution in [1.29, 1.82) is 0 Å². The van der Waals surface area contributed by atoms with E-state index in [0.29, 0.717) is 0 Å². The van der Waals surface area contributed by atoms with Gasteiger partial charge in [-0.3, -0.25) is 4.79 Å². The second-order valence-corrected chi connectivity index (χ2v) is 2.15. The van der Waals surface area contributed by atoms with Gasteiger partial charge in [-0.25, -0.2) is 0 Å². The third-order valence-electron chi connectivity index (χ3n) is 1.24. The molecule has 0 saturated heterocycles. The number of hydrogen-bond donors (Lipinski definition) is 1. The van der Waals surface area contributed by atoms with E-state index in [1.54, 1.807) is 6.08 Å². The minimum absolute atomic E-state index is 0. The van der Waals surface area contributed by atoms with Gasteiger partial charge in [0, 0.05) is 6.08 Å². The molecule has 58 valence electrons. The van der Waals surface area contributed by atoms with E-state index in [1.165, 1.54) is 6.08 Å². The maximum absolute atomic E-state index is 10.3. The third-order valence-corrected chi connectivity index (χ3v) is 1.24. The molecule has 0 aliphatic rings. The molecule has 2 nitrogen and oxygen atoms in total. The molecule has 0 aliphatic carbocycles. The molecule has 3 heteroatoms. The Kier molecular flexibility index (Phi) is 5.72. The Labute approximate surface area is 93.8 Å². The summed E-state index contributed by atoms with van der Waals surface area (Å²) >= 11 is 0. The predicted molar refractivity (Wildman–Crippen MR) is 51.8 cm³/mol. The zero-order valence-electron chi connectivity index (χ0n) is 6.03. The molecule has 0 unspecified atom stereocenters. The van der Waals surface area contributed by atoms with Gasteiger partial charge in [0.25, 0.3) is 0 Å². The summed E-state index contributed by atoms with van der Waals surface area (Å²) in [7, 11) is 0. The summed E-state index contributed by atoms with van der Waals surface area (Å²) in [6.45, 7) is 0. The normalized spacial score (nSPS) is 9.33. The Morgan fingerprint density at radius 2 is 1.83 bits per heavy atom. The Bertz CT molecular complexity index is 269. The van der Waals surface area contributed by atoms with Crippen LogP contribution in [-0.2, 0) is 4.79 Å². The molecule has 0 fully saturated rings. The van der Waals surface area contributed by atoms with Crippen molar-refractivity contribution in [2.75, 3.05) is 0 Å². The van der Waals surface area contributed by atoms with Gasteiger partial charge in [0.15, 0.2) is 0 Å². The van der Waals surface area contributed by atoms with Crippen molar-refractivity contribution in [3.63, 3.8) is 0 Å². The van der Waals surface area contributed by atoms with Gasteiger partial charge >= 0.3 is 29.6 Å². The van der Waals surface area contributed by atoms with E-state index in [2.05, 4.69) is 0 Å². The molecule has 1 aromatic rings. The number of amides is 1. The van der Waals surface area contributed by atoms with Gasteiger partial charge < -0.3 is 5.73 Å². The summed E-state index contributed by atoms with van der Waals surface area (Å²) in [5.74, 6) is -0.422. The standard InChI is InChI=1S/C9H9NO.Na.H/c10-9(11)7-6-8-4-2-1-3-5-8;;/h1-7H,(H2,10,11);;. The van der Waals surface area contributed by atoms with Gasteiger partial charge in [0.1, 0.15) is 0 Å². The monoisotopic (exact) mass is 171 g/mol. The van der Waals surface area contributed by atoms with E-state index in [9.17, 15) is 4.79 Å². The molecule has 0 atom stereocenters. The van der Waals surface area contributed by atoms with E-state index in [0.717, 1.165) is 5.56 Å². The van der Waals surface area contributed by atoms with E-state index in [-0.39, 0.29) is 29.6 Å². The Morgan fingerprint density at radius 3 is 2.33 bits per heavy atom. The fourth-order valence-electron chi connectivity index (χ4n) is 0.743. The maximum atomic E-state index is 10.3. The molecule has 0 aromatic heterocycles. The summed E-state index contributed by atoms with van der Waals surface area (Å²) in [5, 5.41) is 0. The summed E-state index contributed by atoms with van der Waals surface area (Å²) in [6, 6.07) is 9.53. The minimum atomic E-state index is -0.422. The molecule has 0 spiro atoms. The molecule has 1 aromatic carbocycles. The molecule has 12 heavy (non-hydrogen) atoms. The summed E-state index contributed by atoms with van der Waals surface area (Å²) in [4.78, 5) is 10.3. The van der Waals surface area contributed by atoms with Crippen molar-refractivity contribution < 1.29 is 4.79 Å². The van der Waals surface area contributed by atoms with Crippen LogP contribution in [0.15, 0.2) is 36.4 Å². The fraction of sp³-hybridized carbons (Fsp3) is 0. The van der Waals surface area contributed by atoms with Gasteiger partial charge in [-0.05, 0) is 11.6 Å². The average Bonchev–Trinajstić information content (AvgIpc) is 2.03. The van der Waals surface area contributed by atoms with Crippen LogP contribution in [0.4, 0.5) is 0 Å². The van der Waals surface area contributed by atoms with Gasteiger partial charge in [-0.2, -0.15) is 0 Å². The van der Waals surface area contributed by atoms with Crippen LogP contribution in [0.2, 0.25) is 0 Å². The van der Waals surface area contributed by atoms with Crippen LogP contribution in [0.25, 0.3) is 6.08 Å². The molecular formula is C9H10NNaO. The summed E-state index contributed by atoms with van der Waals surface area (Å²) < 4.78 is 0. The number of benzene rings is 1. The number of hydrogen-bond acceptors (Lipinski definition) is 1. The Morgan fingerprint density at radius 1 is 1.25 bits per heavy atom. The molecule has 2 N–H and O–H groups in total. The number of primary amides is 1. The molecule has 0 aliphatic heterocycles. The van der Waals surface area contributed by atoms with Crippen LogP contribution in [0, 0.1) is 0 Å². The first-order valence-corrected chi connectivity index (χ1v) is 3.31. The quantitative estimate of drug-likeness (QED) is 0.512. The molecule has 0 saturated carbocycles. The van der Waals surface area contributed by atoms with Crippen molar-refractivity contribution in [1.82, 2.24) is 0 Å². The molecule has 0 heterocycles. The molecule has 1 rings (SSSR count). The van der Waals surface area contributed by atoms with E-state index in [4.69, 9.17) is 5.73 Å². The molecule has 0 bridgehead atoms. The van der Waals surface area contributed by atoms with Crippen LogP contribution < -0.4 is 5.73 Å². The van der Waals surface area contributed by atoms with Crippen molar-refractivity contribution in [3.05, 3.63) is 42.0 Å². The summed E-state index contributed by atoms with van der Waals surface area (Å²) in [6.07, 6.45) is 3.03. The van der Waals surface area contributed by atoms with Crippen LogP contribution in [0.3, 0.4) is 0 Å². The van der Waals surface area contributed by atoms with E-state index < -0.39 is 5.91 Å². The first-order chi connectivity index (χ1) is 5.29. The van der Waals surface area contributed by atoms with Crippen LogP contribution in [-0.4, -0.2) is 35.5 Å². The third kappa shape index (κ3) is 4.34. The fourth-order valence-corrected chi connectivity index (χ4v) is 0.743. The van der Waals surface area contributed by atoms with Gasteiger partial charge in [-0.1, -0.05) is 30.3 Å². The van der Waals surface area contributed by atoms with Crippen molar-refractivity contribution >= 4 is 41.5 Å². The topological polar surface area (TPSA) is 43.1 Å². The van der Waals surface area contributed by atoms with Crippen LogP contribution in [0.5, 0.6) is 0 Å². The molecular weight excluding hydrogens is 161 g/mol. The van der Waals surface area contributed by atoms with Crippen molar-refractivity contribution in [3.8, 4) is 0 Å². The van der Waals surface area contributed by atoms with Crippen molar-refractivity contribution in [2.24, 2.45) is 5.73 Å². The second kappa shape index (κ2) is 6.00. The van der Waals surface area contributed by atoms with Gasteiger partial charge in [0.2, 0.25) is 5.91 Å². The number of rotatable bonds is 2. The number of carbonyl (C=O) groups is 1. The first-order valence-electron chi connectivity index (χ1n) is 3.31. The van der Waals surface area contributed by atoms with Crippen molar-refractivity contribution in [2.45, 2.75) is 0 Å². The molecule has 0 radical (unpaired) electrons. The number of carbonyl (C=O) groups excluding carboxylic acids is 1. The van der Waals surface area contributed by atoms with Crippen LogP contribution >= 0.6 is 0 Å². The van der Waals surface area contributed by atoms with Gasteiger partial charge in [0.05, 0.1) is 0 Å². The van der Waals surface area contributed by atoms with E-state index >= 15 is 0 Å². The summed E-state index contributed by atoms with van der Waals surface area (Å²) in [5.41, 5.74) is 5.89. The SMILES string of the molecule is NC(=O)C=Cc1ccccc1.[NaH]. The zero-order valence-corrected chi connectivity index (χ0v) is 6.03. The second-order valence-electron chi connectivity index (χ2n) is 2.15. The zero-order chi connectivity index (χ0) is 8.10. The Hall–Kier alpha value is -0.570. The average molecular weight is 171 g/mol. The first kappa shape index (κ1) is 11.4. The Balaban J connectivity index is 0.00000121. The van der Waals surface area contributed by atoms with Crippen LogP contribution in [0.1, 0.15) is 5.56 Å². The van der Waals surface area contributed by atoms with E-state index in [1.807, 2.05) is 30.3 Å². The van der Waals surface area contributed by atoms with Gasteiger partial charge in [-0.15, -0.1) is 0 Å². The molecule has 1 amide bonds. The number of nitrogens with two attached hydrogens (primary N) is 1.